The minimum absolute atomic E-state index is 0.0692. The number of carbonyl (C=O) groups is 1. The van der Waals surface area contributed by atoms with Crippen molar-refractivity contribution in [3.63, 3.8) is 0 Å². The van der Waals surface area contributed by atoms with Gasteiger partial charge in [-0.15, -0.1) is 0 Å². The number of hydrogen-bond donors (Lipinski definition) is 1. The molecule has 2 aliphatic rings. The van der Waals surface area contributed by atoms with E-state index in [2.05, 4.69) is 46.1 Å². The van der Waals surface area contributed by atoms with Crippen LogP contribution in [0.5, 0.6) is 5.75 Å². The van der Waals surface area contributed by atoms with Crippen LogP contribution in [-0.2, 0) is 11.4 Å². The molecule has 182 valence electrons. The van der Waals surface area contributed by atoms with Crippen molar-refractivity contribution in [3.8, 4) is 5.75 Å². The standard InChI is InChI=1S/C26H35N5O3/c1-17-28-21(14-23(29-17)25(32)27-16-18-6-8-20(33-5)9-7-18)22-15-24(34-30-22)19-10-12-31(13-11-19)26(2,3)4/h6-9,14,19,24H,10-13,15-16H2,1-5H3,(H,27,32). The lowest BCUT2D eigenvalue weighted by Crippen LogP contribution is -2.47. The van der Waals surface area contributed by atoms with Gasteiger partial charge in [0.1, 0.15) is 29.1 Å². The van der Waals surface area contributed by atoms with Crippen LogP contribution in [0.3, 0.4) is 0 Å². The second-order valence-electron chi connectivity index (χ2n) is 10.1. The Morgan fingerprint density at radius 3 is 2.53 bits per heavy atom. The van der Waals surface area contributed by atoms with E-state index in [4.69, 9.17) is 9.57 Å². The molecule has 8 heteroatoms. The molecular formula is C26H35N5O3. The summed E-state index contributed by atoms with van der Waals surface area (Å²) in [6.45, 7) is 11.2. The van der Waals surface area contributed by atoms with E-state index < -0.39 is 0 Å². The highest BCUT2D eigenvalue weighted by Crippen LogP contribution is 2.31. The van der Waals surface area contributed by atoms with Crippen LogP contribution < -0.4 is 10.1 Å². The number of oxime groups is 1. The molecule has 1 unspecified atom stereocenters. The number of aryl methyl sites for hydroxylation is 1. The van der Waals surface area contributed by atoms with Crippen LogP contribution in [-0.4, -0.2) is 58.3 Å². The van der Waals surface area contributed by atoms with Gasteiger partial charge in [0.15, 0.2) is 0 Å². The average Bonchev–Trinajstić information content (AvgIpc) is 3.32. The number of rotatable bonds is 6. The van der Waals surface area contributed by atoms with Crippen LogP contribution in [0, 0.1) is 12.8 Å². The molecule has 1 aromatic carbocycles. The molecule has 2 aromatic rings. The van der Waals surface area contributed by atoms with Crippen molar-refractivity contribution in [3.05, 3.63) is 53.1 Å². The van der Waals surface area contributed by atoms with Gasteiger partial charge in [-0.1, -0.05) is 17.3 Å². The van der Waals surface area contributed by atoms with Crippen LogP contribution in [0.15, 0.2) is 35.5 Å². The van der Waals surface area contributed by atoms with Gasteiger partial charge in [0.05, 0.1) is 12.8 Å². The summed E-state index contributed by atoms with van der Waals surface area (Å²) in [5.74, 6) is 1.56. The summed E-state index contributed by atoms with van der Waals surface area (Å²) in [5.41, 5.74) is 2.97. The highest BCUT2D eigenvalue weighted by atomic mass is 16.6. The van der Waals surface area contributed by atoms with E-state index in [-0.39, 0.29) is 17.6 Å². The number of likely N-dealkylation sites (tertiary alicyclic amines) is 1. The van der Waals surface area contributed by atoms with Crippen LogP contribution in [0.1, 0.15) is 67.6 Å². The molecule has 0 aliphatic carbocycles. The summed E-state index contributed by atoms with van der Waals surface area (Å²) in [7, 11) is 1.63. The van der Waals surface area contributed by atoms with Crippen LogP contribution in [0.4, 0.5) is 0 Å². The van der Waals surface area contributed by atoms with Crippen LogP contribution >= 0.6 is 0 Å². The first kappa shape index (κ1) is 24.1. The van der Waals surface area contributed by atoms with E-state index in [9.17, 15) is 4.79 Å². The fourth-order valence-corrected chi connectivity index (χ4v) is 4.59. The van der Waals surface area contributed by atoms with Gasteiger partial charge in [0, 0.05) is 24.4 Å². The third-order valence-electron chi connectivity index (χ3n) is 6.69. The van der Waals surface area contributed by atoms with Gasteiger partial charge in [-0.25, -0.2) is 9.97 Å². The van der Waals surface area contributed by atoms with E-state index in [1.54, 1.807) is 20.1 Å². The zero-order chi connectivity index (χ0) is 24.3. The second kappa shape index (κ2) is 10.1. The van der Waals surface area contributed by atoms with E-state index in [1.807, 2.05) is 24.3 Å². The van der Waals surface area contributed by atoms with Gasteiger partial charge in [-0.3, -0.25) is 9.69 Å². The lowest BCUT2D eigenvalue weighted by atomic mass is 9.87. The molecule has 1 atom stereocenters. The van der Waals surface area contributed by atoms with E-state index >= 15 is 0 Å². The monoisotopic (exact) mass is 465 g/mol. The van der Waals surface area contributed by atoms with Crippen molar-refractivity contribution in [2.24, 2.45) is 11.1 Å². The van der Waals surface area contributed by atoms with Gasteiger partial charge < -0.3 is 14.9 Å². The molecule has 3 heterocycles. The highest BCUT2D eigenvalue weighted by molar-refractivity contribution is 6.01. The first-order chi connectivity index (χ1) is 16.2. The number of carbonyl (C=O) groups excluding carboxylic acids is 1. The Bertz CT molecular complexity index is 1040. The predicted octanol–water partition coefficient (Wildman–Crippen LogP) is 3.73. The molecule has 4 rings (SSSR count). The Labute approximate surface area is 201 Å². The molecule has 34 heavy (non-hydrogen) atoms. The van der Waals surface area contributed by atoms with E-state index in [0.717, 1.165) is 43.0 Å². The van der Waals surface area contributed by atoms with Crippen molar-refractivity contribution in [2.45, 2.75) is 65.1 Å². The zero-order valence-corrected chi connectivity index (χ0v) is 20.8. The van der Waals surface area contributed by atoms with Crippen molar-refractivity contribution in [1.29, 1.82) is 0 Å². The maximum Gasteiger partial charge on any atom is 0.270 e. The number of ether oxygens (including phenoxy) is 1. The molecular weight excluding hydrogens is 430 g/mol. The number of nitrogens with zero attached hydrogens (tertiary/aromatic N) is 4. The summed E-state index contributed by atoms with van der Waals surface area (Å²) in [6.07, 6.45) is 2.99. The fraction of sp³-hybridized carbons (Fsp3) is 0.538. The van der Waals surface area contributed by atoms with Gasteiger partial charge in [-0.05, 0) is 77.4 Å². The maximum absolute atomic E-state index is 12.8. The summed E-state index contributed by atoms with van der Waals surface area (Å²) in [4.78, 5) is 30.0. The molecule has 0 radical (unpaired) electrons. The van der Waals surface area contributed by atoms with E-state index in [0.29, 0.717) is 36.1 Å². The second-order valence-corrected chi connectivity index (χ2v) is 10.1. The Balaban J connectivity index is 1.36. The fourth-order valence-electron chi connectivity index (χ4n) is 4.59. The Kier molecular flexibility index (Phi) is 7.16. The number of nitrogens with one attached hydrogen (secondary N) is 1. The van der Waals surface area contributed by atoms with Crippen LogP contribution in [0.2, 0.25) is 0 Å². The molecule has 1 saturated heterocycles. The minimum atomic E-state index is -0.242. The third kappa shape index (κ3) is 5.73. The summed E-state index contributed by atoms with van der Waals surface area (Å²) in [5, 5.41) is 7.28. The molecule has 0 bridgehead atoms. The maximum atomic E-state index is 12.8. The number of amides is 1. The molecule has 1 N–H and O–H groups in total. The quantitative estimate of drug-likeness (QED) is 0.699. The van der Waals surface area contributed by atoms with Crippen molar-refractivity contribution >= 4 is 11.6 Å². The number of benzene rings is 1. The zero-order valence-electron chi connectivity index (χ0n) is 20.8. The first-order valence-corrected chi connectivity index (χ1v) is 12.0. The Morgan fingerprint density at radius 1 is 1.18 bits per heavy atom. The summed E-state index contributed by atoms with van der Waals surface area (Å²) in [6, 6.07) is 9.30. The van der Waals surface area contributed by atoms with Crippen molar-refractivity contribution < 1.29 is 14.4 Å². The smallest absolute Gasteiger partial charge is 0.270 e. The average molecular weight is 466 g/mol. The predicted molar refractivity (Wildman–Crippen MR) is 131 cm³/mol. The third-order valence-corrected chi connectivity index (χ3v) is 6.69. The SMILES string of the molecule is COc1ccc(CNC(=O)c2cc(C3=NOC(C4CCN(C(C)(C)C)CC4)C3)nc(C)n2)cc1. The molecule has 1 aromatic heterocycles. The number of aromatic nitrogens is 2. The van der Waals surface area contributed by atoms with Gasteiger partial charge in [0.25, 0.3) is 5.91 Å². The highest BCUT2D eigenvalue weighted by Gasteiger charge is 2.35. The number of methoxy groups -OCH3 is 1. The lowest BCUT2D eigenvalue weighted by molar-refractivity contribution is -0.00184. The molecule has 8 nitrogen and oxygen atoms in total. The topological polar surface area (TPSA) is 88.9 Å². The van der Waals surface area contributed by atoms with Gasteiger partial charge in [0.2, 0.25) is 0 Å². The number of hydrogen-bond acceptors (Lipinski definition) is 7. The molecule has 1 fully saturated rings. The minimum Gasteiger partial charge on any atom is -0.497 e. The first-order valence-electron chi connectivity index (χ1n) is 12.0. The number of piperidine rings is 1. The van der Waals surface area contributed by atoms with Gasteiger partial charge >= 0.3 is 0 Å². The molecule has 2 aliphatic heterocycles. The van der Waals surface area contributed by atoms with Crippen molar-refractivity contribution in [1.82, 2.24) is 20.2 Å². The lowest BCUT2D eigenvalue weighted by Gasteiger charge is -2.41. The largest absolute Gasteiger partial charge is 0.497 e. The molecule has 0 saturated carbocycles. The molecule has 1 amide bonds. The van der Waals surface area contributed by atoms with E-state index in [1.165, 1.54) is 0 Å². The van der Waals surface area contributed by atoms with Crippen LogP contribution in [0.25, 0.3) is 0 Å². The normalized spacial score (nSPS) is 19.4. The molecule has 0 spiro atoms. The summed E-state index contributed by atoms with van der Waals surface area (Å²) < 4.78 is 5.18. The van der Waals surface area contributed by atoms with Crippen molar-refractivity contribution in [2.75, 3.05) is 20.2 Å². The van der Waals surface area contributed by atoms with Gasteiger partial charge in [-0.2, -0.15) is 0 Å². The Morgan fingerprint density at radius 2 is 1.88 bits per heavy atom. The summed E-state index contributed by atoms with van der Waals surface area (Å²) >= 11 is 0. The Hall–Kier alpha value is -3.00.